The predicted molar refractivity (Wildman–Crippen MR) is 83.7 cm³/mol. The van der Waals surface area contributed by atoms with E-state index in [0.29, 0.717) is 0 Å². The Balaban J connectivity index is 2.01. The molecule has 2 rings (SSSR count). The summed E-state index contributed by atoms with van der Waals surface area (Å²) in [6, 6.07) is 7.62. The molecule has 0 heterocycles. The number of hydrogen-bond donors (Lipinski definition) is 1. The van der Waals surface area contributed by atoms with Crippen molar-refractivity contribution in [3.63, 3.8) is 0 Å². The largest absolute Gasteiger partial charge is 0.374 e. The van der Waals surface area contributed by atoms with Gasteiger partial charge in [0.05, 0.1) is 0 Å². The summed E-state index contributed by atoms with van der Waals surface area (Å²) >= 11 is 0. The highest BCUT2D eigenvalue weighted by molar-refractivity contribution is 5.45. The maximum absolute atomic E-state index is 13.3. The van der Waals surface area contributed by atoms with Crippen LogP contribution in [0.3, 0.4) is 0 Å². The second kappa shape index (κ2) is 6.57. The van der Waals surface area contributed by atoms with E-state index in [2.05, 4.69) is 31.1 Å². The standard InChI is InChI=1S/C17H27FN2/c1-4-17(5-2,12-19-15-9-10-15)13-20(3)16-8-6-7-14(18)11-16/h6-8,11,15,19H,4-5,9-10,12-13H2,1-3H3. The molecule has 0 aromatic heterocycles. The second-order valence-electron chi connectivity index (χ2n) is 6.20. The van der Waals surface area contributed by atoms with Gasteiger partial charge >= 0.3 is 0 Å². The van der Waals surface area contributed by atoms with Crippen LogP contribution < -0.4 is 10.2 Å². The van der Waals surface area contributed by atoms with Gasteiger partial charge in [-0.15, -0.1) is 0 Å². The molecule has 112 valence electrons. The molecule has 0 atom stereocenters. The lowest BCUT2D eigenvalue weighted by molar-refractivity contribution is 0.254. The Morgan fingerprint density at radius 3 is 2.55 bits per heavy atom. The highest BCUT2D eigenvalue weighted by Crippen LogP contribution is 2.30. The molecule has 0 saturated heterocycles. The van der Waals surface area contributed by atoms with E-state index in [0.717, 1.165) is 37.7 Å². The van der Waals surface area contributed by atoms with E-state index >= 15 is 0 Å². The van der Waals surface area contributed by atoms with E-state index in [-0.39, 0.29) is 11.2 Å². The molecule has 1 aromatic carbocycles. The van der Waals surface area contributed by atoms with Gasteiger partial charge in [-0.25, -0.2) is 4.39 Å². The third-order valence-corrected chi connectivity index (χ3v) is 4.66. The molecule has 0 bridgehead atoms. The average molecular weight is 278 g/mol. The van der Waals surface area contributed by atoms with Crippen LogP contribution in [0.5, 0.6) is 0 Å². The zero-order valence-corrected chi connectivity index (χ0v) is 13.0. The van der Waals surface area contributed by atoms with Crippen LogP contribution >= 0.6 is 0 Å². The maximum Gasteiger partial charge on any atom is 0.125 e. The lowest BCUT2D eigenvalue weighted by atomic mass is 9.81. The molecular formula is C17H27FN2. The molecule has 0 amide bonds. The molecule has 1 saturated carbocycles. The Hall–Kier alpha value is -1.09. The van der Waals surface area contributed by atoms with E-state index in [1.54, 1.807) is 12.1 Å². The van der Waals surface area contributed by atoms with Crippen molar-refractivity contribution in [2.24, 2.45) is 5.41 Å². The van der Waals surface area contributed by atoms with Gasteiger partial charge in [0.1, 0.15) is 5.82 Å². The fourth-order valence-corrected chi connectivity index (χ4v) is 2.74. The third kappa shape index (κ3) is 3.95. The topological polar surface area (TPSA) is 15.3 Å². The van der Waals surface area contributed by atoms with Gasteiger partial charge < -0.3 is 10.2 Å². The van der Waals surface area contributed by atoms with Gasteiger partial charge in [-0.1, -0.05) is 19.9 Å². The highest BCUT2D eigenvalue weighted by Gasteiger charge is 2.31. The van der Waals surface area contributed by atoms with E-state index in [1.807, 2.05) is 6.07 Å². The zero-order chi connectivity index (χ0) is 14.6. The molecule has 1 aliphatic carbocycles. The average Bonchev–Trinajstić information content (AvgIpc) is 3.27. The Kier molecular flexibility index (Phi) is 5.03. The molecule has 1 aliphatic rings. The number of benzene rings is 1. The second-order valence-corrected chi connectivity index (χ2v) is 6.20. The molecular weight excluding hydrogens is 251 g/mol. The van der Waals surface area contributed by atoms with E-state index < -0.39 is 0 Å². The van der Waals surface area contributed by atoms with Crippen molar-refractivity contribution >= 4 is 5.69 Å². The van der Waals surface area contributed by atoms with Gasteiger partial charge in [-0.3, -0.25) is 0 Å². The molecule has 2 nitrogen and oxygen atoms in total. The van der Waals surface area contributed by atoms with Crippen molar-refractivity contribution in [2.75, 3.05) is 25.0 Å². The summed E-state index contributed by atoms with van der Waals surface area (Å²) in [7, 11) is 2.06. The summed E-state index contributed by atoms with van der Waals surface area (Å²) in [6.45, 7) is 6.54. The van der Waals surface area contributed by atoms with Crippen molar-refractivity contribution in [3.05, 3.63) is 30.1 Å². The monoisotopic (exact) mass is 278 g/mol. The van der Waals surface area contributed by atoms with Gasteiger partial charge in [-0.2, -0.15) is 0 Å². The number of nitrogens with zero attached hydrogens (tertiary/aromatic N) is 1. The smallest absolute Gasteiger partial charge is 0.125 e. The molecule has 1 N–H and O–H groups in total. The number of nitrogens with one attached hydrogen (secondary N) is 1. The zero-order valence-electron chi connectivity index (χ0n) is 13.0. The minimum absolute atomic E-state index is 0.163. The van der Waals surface area contributed by atoms with Crippen molar-refractivity contribution in [3.8, 4) is 0 Å². The van der Waals surface area contributed by atoms with Crippen molar-refractivity contribution in [1.82, 2.24) is 5.32 Å². The molecule has 0 radical (unpaired) electrons. The number of rotatable bonds is 8. The summed E-state index contributed by atoms with van der Waals surface area (Å²) in [5.41, 5.74) is 1.23. The Labute approximate surface area is 122 Å². The molecule has 0 aliphatic heterocycles. The first-order valence-electron chi connectivity index (χ1n) is 7.78. The molecule has 0 unspecified atom stereocenters. The molecule has 3 heteroatoms. The lowest BCUT2D eigenvalue weighted by Gasteiger charge is -2.37. The Morgan fingerprint density at radius 1 is 1.30 bits per heavy atom. The minimum atomic E-state index is -0.163. The summed E-state index contributed by atoms with van der Waals surface area (Å²) in [6.07, 6.45) is 4.93. The van der Waals surface area contributed by atoms with Crippen molar-refractivity contribution in [1.29, 1.82) is 0 Å². The first kappa shape index (κ1) is 15.3. The van der Waals surface area contributed by atoms with Gasteiger partial charge in [-0.05, 0) is 49.3 Å². The lowest BCUT2D eigenvalue weighted by Crippen LogP contribution is -2.43. The quantitative estimate of drug-likeness (QED) is 0.777. The van der Waals surface area contributed by atoms with Crippen LogP contribution in [0.4, 0.5) is 10.1 Å². The van der Waals surface area contributed by atoms with Gasteiger partial charge in [0.2, 0.25) is 0 Å². The van der Waals surface area contributed by atoms with E-state index in [1.165, 1.54) is 18.9 Å². The number of hydrogen-bond acceptors (Lipinski definition) is 2. The fourth-order valence-electron chi connectivity index (χ4n) is 2.74. The maximum atomic E-state index is 13.3. The van der Waals surface area contributed by atoms with Crippen LogP contribution in [0, 0.1) is 11.2 Å². The Bertz CT molecular complexity index is 425. The normalized spacial score (nSPS) is 15.4. The van der Waals surface area contributed by atoms with E-state index in [9.17, 15) is 4.39 Å². The van der Waals surface area contributed by atoms with Gasteiger partial charge in [0, 0.05) is 31.9 Å². The minimum Gasteiger partial charge on any atom is -0.374 e. The molecule has 20 heavy (non-hydrogen) atoms. The third-order valence-electron chi connectivity index (χ3n) is 4.66. The van der Waals surface area contributed by atoms with Crippen molar-refractivity contribution < 1.29 is 4.39 Å². The summed E-state index contributed by atoms with van der Waals surface area (Å²) in [5, 5.41) is 3.67. The number of halogens is 1. The van der Waals surface area contributed by atoms with E-state index in [4.69, 9.17) is 0 Å². The SMILES string of the molecule is CCC(CC)(CNC1CC1)CN(C)c1cccc(F)c1. The number of anilines is 1. The van der Waals surface area contributed by atoms with Gasteiger partial charge in [0.15, 0.2) is 0 Å². The first-order valence-corrected chi connectivity index (χ1v) is 7.78. The highest BCUT2D eigenvalue weighted by atomic mass is 19.1. The van der Waals surface area contributed by atoms with Crippen LogP contribution in [-0.2, 0) is 0 Å². The van der Waals surface area contributed by atoms with Crippen LogP contribution in [0.15, 0.2) is 24.3 Å². The van der Waals surface area contributed by atoms with Crippen LogP contribution in [0.2, 0.25) is 0 Å². The molecule has 1 aromatic rings. The summed E-state index contributed by atoms with van der Waals surface area (Å²) in [5.74, 6) is -0.163. The van der Waals surface area contributed by atoms with Crippen LogP contribution in [-0.4, -0.2) is 26.2 Å². The van der Waals surface area contributed by atoms with Crippen molar-refractivity contribution in [2.45, 2.75) is 45.6 Å². The summed E-state index contributed by atoms with van der Waals surface area (Å²) in [4.78, 5) is 2.19. The first-order chi connectivity index (χ1) is 9.58. The van der Waals surface area contributed by atoms with Crippen LogP contribution in [0.1, 0.15) is 39.5 Å². The predicted octanol–water partition coefficient (Wildman–Crippen LogP) is 3.82. The molecule has 1 fully saturated rings. The fraction of sp³-hybridized carbons (Fsp3) is 0.647. The van der Waals surface area contributed by atoms with Crippen LogP contribution in [0.25, 0.3) is 0 Å². The summed E-state index contributed by atoms with van der Waals surface area (Å²) < 4.78 is 13.3. The Morgan fingerprint density at radius 2 is 2.00 bits per heavy atom. The van der Waals surface area contributed by atoms with Gasteiger partial charge in [0.25, 0.3) is 0 Å². The molecule has 0 spiro atoms.